The lowest BCUT2D eigenvalue weighted by atomic mass is 10.2. The third-order valence-electron chi connectivity index (χ3n) is 1.75. The smallest absolute Gasteiger partial charge is 0.433 e. The highest BCUT2D eigenvalue weighted by atomic mass is 16.6. The van der Waals surface area contributed by atoms with Crippen LogP contribution in [0, 0.1) is 21.4 Å². The van der Waals surface area contributed by atoms with Gasteiger partial charge in [0.25, 0.3) is 0 Å². The number of nitro groups is 1. The average molecular weight is 248 g/mol. The van der Waals surface area contributed by atoms with Crippen LogP contribution < -0.4 is 0 Å². The molecule has 0 spiro atoms. The molecule has 0 aromatic carbocycles. The lowest BCUT2D eigenvalue weighted by Gasteiger charge is -1.98. The summed E-state index contributed by atoms with van der Waals surface area (Å²) < 4.78 is 9.42. The molecule has 92 valence electrons. The predicted octanol–water partition coefficient (Wildman–Crippen LogP) is 1.82. The second kappa shape index (κ2) is 6.00. The Morgan fingerprint density at radius 3 is 2.89 bits per heavy atom. The highest BCUT2D eigenvalue weighted by molar-refractivity contribution is 5.97. The van der Waals surface area contributed by atoms with E-state index in [0.717, 1.165) is 12.1 Å². The van der Waals surface area contributed by atoms with E-state index in [4.69, 9.17) is 9.68 Å². The molecular formula is C11H8N2O5. The van der Waals surface area contributed by atoms with Crippen LogP contribution in [-0.4, -0.2) is 17.5 Å². The van der Waals surface area contributed by atoms with Crippen molar-refractivity contribution in [2.45, 2.75) is 0 Å². The molecule has 0 amide bonds. The Morgan fingerprint density at radius 2 is 2.39 bits per heavy atom. The molecule has 7 nitrogen and oxygen atoms in total. The molecule has 0 atom stereocenters. The van der Waals surface area contributed by atoms with Gasteiger partial charge in [0, 0.05) is 6.08 Å². The van der Waals surface area contributed by atoms with Crippen LogP contribution in [0.15, 0.2) is 34.8 Å². The molecule has 0 radical (unpaired) electrons. The van der Waals surface area contributed by atoms with Crippen LogP contribution in [0.25, 0.3) is 6.08 Å². The Bertz CT molecular complexity index is 550. The summed E-state index contributed by atoms with van der Waals surface area (Å²) in [6.07, 6.45) is 2.42. The predicted molar refractivity (Wildman–Crippen MR) is 60.1 cm³/mol. The lowest BCUT2D eigenvalue weighted by molar-refractivity contribution is -0.402. The van der Waals surface area contributed by atoms with Gasteiger partial charge in [-0.25, -0.2) is 4.79 Å². The van der Waals surface area contributed by atoms with Crippen molar-refractivity contribution in [1.82, 2.24) is 0 Å². The van der Waals surface area contributed by atoms with Gasteiger partial charge < -0.3 is 9.15 Å². The van der Waals surface area contributed by atoms with E-state index in [0.29, 0.717) is 0 Å². The van der Waals surface area contributed by atoms with Crippen LogP contribution in [0.3, 0.4) is 0 Å². The average Bonchev–Trinajstić information content (AvgIpc) is 2.81. The minimum atomic E-state index is -0.851. The van der Waals surface area contributed by atoms with Gasteiger partial charge in [-0.05, 0) is 6.07 Å². The Kier molecular flexibility index (Phi) is 4.40. The molecule has 0 saturated carbocycles. The Morgan fingerprint density at radius 1 is 1.67 bits per heavy atom. The zero-order valence-electron chi connectivity index (χ0n) is 9.16. The fourth-order valence-corrected chi connectivity index (χ4v) is 1.01. The van der Waals surface area contributed by atoms with Gasteiger partial charge in [0.15, 0.2) is 0 Å². The number of hydrogen-bond donors (Lipinski definition) is 0. The van der Waals surface area contributed by atoms with Gasteiger partial charge in [-0.2, -0.15) is 5.26 Å². The van der Waals surface area contributed by atoms with E-state index in [9.17, 15) is 14.9 Å². The monoisotopic (exact) mass is 248 g/mol. The lowest BCUT2D eigenvalue weighted by Crippen LogP contribution is -2.06. The zero-order chi connectivity index (χ0) is 13.5. The van der Waals surface area contributed by atoms with Crippen molar-refractivity contribution < 1.29 is 18.9 Å². The van der Waals surface area contributed by atoms with Crippen molar-refractivity contribution in [3.63, 3.8) is 0 Å². The first kappa shape index (κ1) is 13.2. The number of carbonyl (C=O) groups excluding carboxylic acids is 1. The molecule has 7 heteroatoms. The Hall–Kier alpha value is -2.88. The highest BCUT2D eigenvalue weighted by Gasteiger charge is 2.14. The van der Waals surface area contributed by atoms with Crippen molar-refractivity contribution in [2.75, 3.05) is 6.61 Å². The van der Waals surface area contributed by atoms with E-state index in [-0.39, 0.29) is 17.9 Å². The molecule has 0 N–H and O–H groups in total. The Balaban J connectivity index is 2.90. The summed E-state index contributed by atoms with van der Waals surface area (Å²) in [5, 5.41) is 19.1. The van der Waals surface area contributed by atoms with Gasteiger partial charge in [-0.3, -0.25) is 10.1 Å². The Labute approximate surface area is 102 Å². The second-order valence-electron chi connectivity index (χ2n) is 2.99. The number of furan rings is 1. The summed E-state index contributed by atoms with van der Waals surface area (Å²) in [6.45, 7) is 3.32. The van der Waals surface area contributed by atoms with Gasteiger partial charge in [-0.1, -0.05) is 12.7 Å². The number of carbonyl (C=O) groups is 1. The molecule has 0 bridgehead atoms. The summed E-state index contributed by atoms with van der Waals surface area (Å²) >= 11 is 0. The maximum absolute atomic E-state index is 11.3. The summed E-state index contributed by atoms with van der Waals surface area (Å²) in [6, 6.07) is 4.02. The number of hydrogen-bond acceptors (Lipinski definition) is 6. The summed E-state index contributed by atoms with van der Waals surface area (Å²) in [5.74, 6) is -1.30. The topological polar surface area (TPSA) is 106 Å². The van der Waals surface area contributed by atoms with Crippen LogP contribution >= 0.6 is 0 Å². The number of ether oxygens (including phenoxy) is 1. The molecule has 1 rings (SSSR count). The molecule has 0 unspecified atom stereocenters. The largest absolute Gasteiger partial charge is 0.457 e. The van der Waals surface area contributed by atoms with Crippen molar-refractivity contribution in [2.24, 2.45) is 0 Å². The van der Waals surface area contributed by atoms with Gasteiger partial charge in [-0.15, -0.1) is 0 Å². The standard InChI is InChI=1S/C11H8N2O5/c1-2-5-17-11(14)8(7-12)6-9-3-4-10(18-9)13(15)16/h2-4,6H,1,5H2. The van der Waals surface area contributed by atoms with E-state index in [1.165, 1.54) is 12.1 Å². The maximum Gasteiger partial charge on any atom is 0.433 e. The van der Waals surface area contributed by atoms with Gasteiger partial charge >= 0.3 is 11.9 Å². The fourth-order valence-electron chi connectivity index (χ4n) is 1.01. The molecule has 0 aliphatic heterocycles. The molecular weight excluding hydrogens is 240 g/mol. The summed E-state index contributed by atoms with van der Waals surface area (Å²) in [4.78, 5) is 21.0. The first-order valence-corrected chi connectivity index (χ1v) is 4.72. The second-order valence-corrected chi connectivity index (χ2v) is 2.99. The number of nitriles is 1. The maximum atomic E-state index is 11.3. The number of esters is 1. The van der Waals surface area contributed by atoms with Crippen LogP contribution in [-0.2, 0) is 9.53 Å². The summed E-state index contributed by atoms with van der Waals surface area (Å²) in [7, 11) is 0. The normalized spacial score (nSPS) is 10.5. The third-order valence-corrected chi connectivity index (χ3v) is 1.75. The van der Waals surface area contributed by atoms with E-state index in [1.807, 2.05) is 0 Å². The van der Waals surface area contributed by atoms with Crippen LogP contribution in [0.4, 0.5) is 5.88 Å². The van der Waals surface area contributed by atoms with Gasteiger partial charge in [0.2, 0.25) is 0 Å². The molecule has 0 aliphatic carbocycles. The van der Waals surface area contributed by atoms with Gasteiger partial charge in [0.05, 0.1) is 6.07 Å². The minimum absolute atomic E-state index is 0.0220. The molecule has 0 saturated heterocycles. The minimum Gasteiger partial charge on any atom is -0.457 e. The highest BCUT2D eigenvalue weighted by Crippen LogP contribution is 2.18. The molecule has 0 fully saturated rings. The molecule has 1 aromatic rings. The van der Waals surface area contributed by atoms with E-state index >= 15 is 0 Å². The first-order valence-electron chi connectivity index (χ1n) is 4.72. The molecule has 18 heavy (non-hydrogen) atoms. The van der Waals surface area contributed by atoms with Crippen LogP contribution in [0.5, 0.6) is 0 Å². The van der Waals surface area contributed by atoms with Crippen molar-refractivity contribution >= 4 is 17.9 Å². The quantitative estimate of drug-likeness (QED) is 0.196. The fraction of sp³-hybridized carbons (Fsp3) is 0.0909. The first-order chi connectivity index (χ1) is 8.58. The number of nitrogens with zero attached hydrogens (tertiary/aromatic N) is 2. The summed E-state index contributed by atoms with van der Waals surface area (Å²) in [5.41, 5.74) is -0.318. The van der Waals surface area contributed by atoms with E-state index in [1.54, 1.807) is 6.07 Å². The molecule has 1 aromatic heterocycles. The van der Waals surface area contributed by atoms with Crippen LogP contribution in [0.2, 0.25) is 0 Å². The molecule has 1 heterocycles. The van der Waals surface area contributed by atoms with E-state index < -0.39 is 16.8 Å². The van der Waals surface area contributed by atoms with Crippen molar-refractivity contribution in [3.8, 4) is 6.07 Å². The number of rotatable bonds is 5. The third kappa shape index (κ3) is 3.31. The van der Waals surface area contributed by atoms with Gasteiger partial charge in [0.1, 0.15) is 28.9 Å². The van der Waals surface area contributed by atoms with Crippen molar-refractivity contribution in [1.29, 1.82) is 5.26 Å². The zero-order valence-corrected chi connectivity index (χ0v) is 9.16. The van der Waals surface area contributed by atoms with Crippen molar-refractivity contribution in [3.05, 3.63) is 46.2 Å². The SMILES string of the molecule is C=CCOC(=O)C(C#N)=Cc1ccc([N+](=O)[O-])o1. The van der Waals surface area contributed by atoms with Crippen LogP contribution in [0.1, 0.15) is 5.76 Å². The molecule has 0 aliphatic rings. The van der Waals surface area contributed by atoms with E-state index in [2.05, 4.69) is 11.3 Å².